The van der Waals surface area contributed by atoms with Gasteiger partial charge in [-0.25, -0.2) is 0 Å². The van der Waals surface area contributed by atoms with Crippen LogP contribution in [0.5, 0.6) is 0 Å². The molecule has 0 aliphatic rings. The molecule has 0 aromatic carbocycles. The standard InChI is InChI=1S/C8H18N2O/c1-7(2,3)9-10(11-9)8(4,5)6/h1-6H3. The van der Waals surface area contributed by atoms with E-state index in [1.165, 1.54) is 0 Å². The zero-order chi connectivity index (χ0) is 8.86. The van der Waals surface area contributed by atoms with Crippen LogP contribution in [0.2, 0.25) is 0 Å². The predicted molar refractivity (Wildman–Crippen MR) is 44.7 cm³/mol. The molecule has 3 nitrogen and oxygen atoms in total. The predicted octanol–water partition coefficient (Wildman–Crippen LogP) is 2.39. The quantitative estimate of drug-likeness (QED) is 0.568. The molecule has 0 fully saturated rings. The molecule has 1 aromatic heterocycles. The summed E-state index contributed by atoms with van der Waals surface area (Å²) in [5.74, 6) is 0. The third-order valence-electron chi connectivity index (χ3n) is 1.44. The Bertz CT molecular complexity index is 203. The first-order valence-corrected chi connectivity index (χ1v) is 4.01. The zero-order valence-corrected chi connectivity index (χ0v) is 8.30. The molecule has 0 saturated carbocycles. The maximum absolute atomic E-state index is 5.31. The summed E-state index contributed by atoms with van der Waals surface area (Å²) in [6, 6.07) is 0. The highest BCUT2D eigenvalue weighted by Gasteiger charge is 2.32. The molecule has 0 aliphatic heterocycles. The molecule has 0 atom stereocenters. The van der Waals surface area contributed by atoms with E-state index in [0.29, 0.717) is 0 Å². The van der Waals surface area contributed by atoms with Crippen molar-refractivity contribution in [2.24, 2.45) is 0 Å². The third-order valence-corrected chi connectivity index (χ3v) is 1.44. The summed E-state index contributed by atoms with van der Waals surface area (Å²) in [5, 5.41) is 0. The Kier molecular flexibility index (Phi) is 1.51. The van der Waals surface area contributed by atoms with Gasteiger partial charge < -0.3 is 0 Å². The molecule has 1 rings (SSSR count). The Morgan fingerprint density at radius 3 is 1.09 bits per heavy atom. The van der Waals surface area contributed by atoms with E-state index in [1.54, 1.807) is 0 Å². The van der Waals surface area contributed by atoms with Crippen LogP contribution in [-0.2, 0) is 11.1 Å². The van der Waals surface area contributed by atoms with Gasteiger partial charge in [0, 0.05) is 0 Å². The molecule has 1 aromatic rings. The van der Waals surface area contributed by atoms with Crippen molar-refractivity contribution in [2.75, 3.05) is 0 Å². The third kappa shape index (κ3) is 1.70. The minimum atomic E-state index is 0.0767. The van der Waals surface area contributed by atoms with Gasteiger partial charge in [-0.15, -0.1) is 0 Å². The summed E-state index contributed by atoms with van der Waals surface area (Å²) in [6.45, 7) is 12.7. The average Bonchev–Trinajstić information content (AvgIpc) is 2.30. The first kappa shape index (κ1) is 8.50. The second-order valence-corrected chi connectivity index (χ2v) is 4.97. The van der Waals surface area contributed by atoms with Gasteiger partial charge >= 0.3 is 0 Å². The van der Waals surface area contributed by atoms with Gasteiger partial charge in [0.05, 0.1) is 11.1 Å². The number of hydrogen-bond acceptors (Lipinski definition) is 1. The van der Waals surface area contributed by atoms with E-state index in [0.717, 1.165) is 0 Å². The number of aromatic nitrogens is 2. The lowest BCUT2D eigenvalue weighted by atomic mass is 10.1. The molecule has 0 spiro atoms. The van der Waals surface area contributed by atoms with E-state index < -0.39 is 0 Å². The van der Waals surface area contributed by atoms with Crippen LogP contribution in [0.15, 0.2) is 4.63 Å². The van der Waals surface area contributed by atoms with Gasteiger partial charge in [-0.05, 0) is 41.5 Å². The molecule has 66 valence electrons. The first-order valence-electron chi connectivity index (χ1n) is 4.01. The van der Waals surface area contributed by atoms with Crippen molar-refractivity contribution in [3.63, 3.8) is 0 Å². The Morgan fingerprint density at radius 2 is 1.00 bits per heavy atom. The fourth-order valence-corrected chi connectivity index (χ4v) is 0.847. The zero-order valence-electron chi connectivity index (χ0n) is 8.30. The van der Waals surface area contributed by atoms with Crippen LogP contribution in [0.4, 0.5) is 0 Å². The molecule has 0 N–H and O–H groups in total. The van der Waals surface area contributed by atoms with Crippen molar-refractivity contribution in [3.8, 4) is 0 Å². The highest BCUT2D eigenvalue weighted by molar-refractivity contribution is 4.71. The smallest absolute Gasteiger partial charge is 0.0924 e. The van der Waals surface area contributed by atoms with Crippen LogP contribution >= 0.6 is 0 Å². The molecule has 0 amide bonds. The second kappa shape index (κ2) is 1.96. The van der Waals surface area contributed by atoms with E-state index >= 15 is 0 Å². The van der Waals surface area contributed by atoms with Crippen LogP contribution in [-0.4, -0.2) is 9.71 Å². The molecular weight excluding hydrogens is 140 g/mol. The van der Waals surface area contributed by atoms with Crippen molar-refractivity contribution in [1.29, 1.82) is 0 Å². The Hall–Kier alpha value is -0.600. The van der Waals surface area contributed by atoms with Gasteiger partial charge in [-0.3, -0.25) is 4.63 Å². The van der Waals surface area contributed by atoms with Crippen molar-refractivity contribution < 1.29 is 4.63 Å². The Morgan fingerprint density at radius 1 is 0.727 bits per heavy atom. The summed E-state index contributed by atoms with van der Waals surface area (Å²) in [7, 11) is 0. The molecule has 3 heteroatoms. The lowest BCUT2D eigenvalue weighted by molar-refractivity contribution is 0.284. The lowest BCUT2D eigenvalue weighted by Crippen LogP contribution is -2.25. The van der Waals surface area contributed by atoms with Crippen LogP contribution in [0.3, 0.4) is 0 Å². The maximum Gasteiger partial charge on any atom is 0.0924 e. The summed E-state index contributed by atoms with van der Waals surface area (Å²) in [5.41, 5.74) is 0.153. The highest BCUT2D eigenvalue weighted by atomic mass is 16.8. The largest absolute Gasteiger partial charge is 0.254 e. The van der Waals surface area contributed by atoms with E-state index in [1.807, 2.05) is 9.71 Å². The molecule has 0 aliphatic carbocycles. The highest BCUT2D eigenvalue weighted by Crippen LogP contribution is 2.25. The monoisotopic (exact) mass is 158 g/mol. The van der Waals surface area contributed by atoms with Crippen LogP contribution < -0.4 is 0 Å². The summed E-state index contributed by atoms with van der Waals surface area (Å²) >= 11 is 0. The van der Waals surface area contributed by atoms with Crippen molar-refractivity contribution >= 4 is 0 Å². The molecule has 11 heavy (non-hydrogen) atoms. The second-order valence-electron chi connectivity index (χ2n) is 4.97. The minimum absolute atomic E-state index is 0.0767. The molecule has 0 radical (unpaired) electrons. The van der Waals surface area contributed by atoms with E-state index in [2.05, 4.69) is 41.5 Å². The Balaban J connectivity index is 2.76. The fraction of sp³-hybridized carbons (Fsp3) is 1.00. The number of rotatable bonds is 0. The van der Waals surface area contributed by atoms with Gasteiger partial charge in [-0.1, -0.05) is 9.71 Å². The van der Waals surface area contributed by atoms with Gasteiger partial charge in [-0.2, -0.15) is 0 Å². The normalized spacial score (nSPS) is 14.4. The van der Waals surface area contributed by atoms with Crippen molar-refractivity contribution in [1.82, 2.24) is 9.71 Å². The fourth-order valence-electron chi connectivity index (χ4n) is 0.847. The van der Waals surface area contributed by atoms with Crippen molar-refractivity contribution in [2.45, 2.75) is 52.6 Å². The van der Waals surface area contributed by atoms with Gasteiger partial charge in [0.1, 0.15) is 0 Å². The summed E-state index contributed by atoms with van der Waals surface area (Å²) in [6.07, 6.45) is 0. The molecular formula is C8H18N2O. The maximum atomic E-state index is 5.31. The molecule has 0 unspecified atom stereocenters. The molecule has 1 heterocycles. The van der Waals surface area contributed by atoms with Crippen molar-refractivity contribution in [3.05, 3.63) is 0 Å². The van der Waals surface area contributed by atoms with Crippen LogP contribution in [0.1, 0.15) is 41.5 Å². The SMILES string of the molecule is CC(C)(C)n1on1C(C)(C)C. The van der Waals surface area contributed by atoms with Crippen LogP contribution in [0, 0.1) is 0 Å². The number of hydrogen-bond donors (Lipinski definition) is 0. The van der Waals surface area contributed by atoms with E-state index in [4.69, 9.17) is 4.63 Å². The molecule has 0 bridgehead atoms. The van der Waals surface area contributed by atoms with Crippen LogP contribution in [0.25, 0.3) is 0 Å². The summed E-state index contributed by atoms with van der Waals surface area (Å²) < 4.78 is 5.31. The minimum Gasteiger partial charge on any atom is -0.254 e. The molecule has 0 saturated heterocycles. The topological polar surface area (TPSA) is 23.0 Å². The van der Waals surface area contributed by atoms with Gasteiger partial charge in [0.25, 0.3) is 0 Å². The van der Waals surface area contributed by atoms with E-state index in [-0.39, 0.29) is 11.1 Å². The Labute approximate surface area is 67.9 Å². The average molecular weight is 158 g/mol. The number of nitrogens with zero attached hydrogens (tertiary/aromatic N) is 2. The van der Waals surface area contributed by atoms with E-state index in [9.17, 15) is 0 Å². The van der Waals surface area contributed by atoms with Gasteiger partial charge in [0.2, 0.25) is 0 Å². The first-order chi connectivity index (χ1) is 4.73. The van der Waals surface area contributed by atoms with Gasteiger partial charge in [0.15, 0.2) is 0 Å². The lowest BCUT2D eigenvalue weighted by Gasteiger charge is -2.14. The summed E-state index contributed by atoms with van der Waals surface area (Å²) in [4.78, 5) is 3.79.